The van der Waals surface area contributed by atoms with Gasteiger partial charge in [-0.2, -0.15) is 0 Å². The summed E-state index contributed by atoms with van der Waals surface area (Å²) in [4.78, 5) is 32.3. The van der Waals surface area contributed by atoms with Gasteiger partial charge in [0, 0.05) is 30.9 Å². The molecular formula is C27H32Cl2N2O5. The third-order valence-corrected chi connectivity index (χ3v) is 6.60. The standard InChI is InChI=1S/C27H32Cl2N2O5/c1-4-24(29)30-15-18(2)23-14-25(32)31(16-22-6-5-12-34-22)19(3)26(23)27(33)36-17-20-7-9-21(10-8-20)35-13-11-28/h4,7-10,15,22-23H,2,5-6,11-14,16-17H2,1,3H3/b24-4-,30-15?/t22-,23+/m1/s1. The molecule has 194 valence electrons. The summed E-state index contributed by atoms with van der Waals surface area (Å²) in [6.45, 7) is 9.17. The average Bonchev–Trinajstić information content (AvgIpc) is 3.40. The molecule has 0 aliphatic carbocycles. The van der Waals surface area contributed by atoms with E-state index in [1.807, 2.05) is 12.1 Å². The highest BCUT2D eigenvalue weighted by Gasteiger charge is 2.38. The van der Waals surface area contributed by atoms with E-state index in [1.54, 1.807) is 37.0 Å². The number of allylic oxidation sites excluding steroid dienone is 3. The smallest absolute Gasteiger partial charge is 0.336 e. The van der Waals surface area contributed by atoms with Crippen molar-refractivity contribution in [2.45, 2.75) is 45.8 Å². The van der Waals surface area contributed by atoms with Gasteiger partial charge >= 0.3 is 5.97 Å². The zero-order valence-corrected chi connectivity index (χ0v) is 22.2. The van der Waals surface area contributed by atoms with Crippen molar-refractivity contribution >= 4 is 41.3 Å². The summed E-state index contributed by atoms with van der Waals surface area (Å²) < 4.78 is 16.9. The van der Waals surface area contributed by atoms with Crippen LogP contribution in [-0.4, -0.2) is 54.7 Å². The number of alkyl halides is 1. The normalized spacial score (nSPS) is 20.8. The molecule has 0 saturated carbocycles. The van der Waals surface area contributed by atoms with Crippen LogP contribution in [0.15, 0.2) is 63.9 Å². The highest BCUT2D eigenvalue weighted by molar-refractivity contribution is 6.29. The molecule has 1 aromatic rings. The number of ether oxygens (including phenoxy) is 3. The van der Waals surface area contributed by atoms with Gasteiger partial charge in [-0.25, -0.2) is 9.79 Å². The van der Waals surface area contributed by atoms with Crippen molar-refractivity contribution in [3.05, 3.63) is 64.5 Å². The van der Waals surface area contributed by atoms with Gasteiger partial charge in [0.2, 0.25) is 5.91 Å². The van der Waals surface area contributed by atoms with Crippen LogP contribution < -0.4 is 4.74 Å². The lowest BCUT2D eigenvalue weighted by molar-refractivity contribution is -0.142. The molecule has 2 heterocycles. The number of nitrogens with zero attached hydrogens (tertiary/aromatic N) is 2. The number of hydrogen-bond donors (Lipinski definition) is 0. The summed E-state index contributed by atoms with van der Waals surface area (Å²) in [7, 11) is 0. The number of benzene rings is 1. The lowest BCUT2D eigenvalue weighted by atomic mass is 9.84. The molecular weight excluding hydrogens is 503 g/mol. The molecule has 1 saturated heterocycles. The molecule has 2 aliphatic rings. The molecule has 3 rings (SSSR count). The van der Waals surface area contributed by atoms with Gasteiger partial charge in [0.25, 0.3) is 0 Å². The highest BCUT2D eigenvalue weighted by Crippen LogP contribution is 2.34. The third-order valence-electron chi connectivity index (χ3n) is 6.13. The first-order valence-corrected chi connectivity index (χ1v) is 12.9. The van der Waals surface area contributed by atoms with E-state index in [9.17, 15) is 9.59 Å². The Balaban J connectivity index is 1.81. The molecule has 0 aromatic heterocycles. The maximum atomic E-state index is 13.4. The third kappa shape index (κ3) is 7.45. The topological polar surface area (TPSA) is 77.4 Å². The van der Waals surface area contributed by atoms with Gasteiger partial charge in [0.15, 0.2) is 0 Å². The lowest BCUT2D eigenvalue weighted by Crippen LogP contribution is -2.43. The molecule has 0 unspecified atom stereocenters. The Kier molecular flexibility index (Phi) is 10.6. The molecule has 0 spiro atoms. The van der Waals surface area contributed by atoms with Crippen LogP contribution in [0.5, 0.6) is 5.75 Å². The Hall–Kier alpha value is -2.61. The molecule has 1 amide bonds. The SMILES string of the molecule is C=C(C=N/C(Cl)=C\C)[C@@H]1CC(=O)N(C[C@H]2CCCO2)C(C)=C1C(=O)OCc1ccc(OCCCl)cc1. The molecule has 1 aromatic carbocycles. The van der Waals surface area contributed by atoms with Gasteiger partial charge in [-0.05, 0) is 50.0 Å². The Morgan fingerprint density at radius 1 is 1.33 bits per heavy atom. The van der Waals surface area contributed by atoms with E-state index in [1.165, 1.54) is 6.21 Å². The maximum absolute atomic E-state index is 13.4. The van der Waals surface area contributed by atoms with E-state index in [4.69, 9.17) is 37.4 Å². The van der Waals surface area contributed by atoms with Gasteiger partial charge in [0.05, 0.1) is 24.1 Å². The number of carbonyl (C=O) groups excluding carboxylic acids is 2. The van der Waals surface area contributed by atoms with Crippen LogP contribution >= 0.6 is 23.2 Å². The molecule has 7 nitrogen and oxygen atoms in total. The first kappa shape index (κ1) is 28.0. The molecule has 0 bridgehead atoms. The van der Waals surface area contributed by atoms with E-state index in [0.29, 0.717) is 53.4 Å². The van der Waals surface area contributed by atoms with E-state index in [2.05, 4.69) is 11.6 Å². The largest absolute Gasteiger partial charge is 0.492 e. The van der Waals surface area contributed by atoms with Crippen LogP contribution in [0.25, 0.3) is 0 Å². The zero-order valence-electron chi connectivity index (χ0n) is 20.7. The molecule has 1 fully saturated rings. The minimum atomic E-state index is -0.567. The fourth-order valence-electron chi connectivity index (χ4n) is 4.18. The fourth-order valence-corrected chi connectivity index (χ4v) is 4.31. The van der Waals surface area contributed by atoms with Crippen LogP contribution in [0, 0.1) is 5.92 Å². The maximum Gasteiger partial charge on any atom is 0.336 e. The number of rotatable bonds is 11. The van der Waals surface area contributed by atoms with Crippen LogP contribution in [0.3, 0.4) is 0 Å². The van der Waals surface area contributed by atoms with Crippen LogP contribution in [0.4, 0.5) is 0 Å². The highest BCUT2D eigenvalue weighted by atomic mass is 35.5. The molecule has 36 heavy (non-hydrogen) atoms. The molecule has 2 aliphatic heterocycles. The lowest BCUT2D eigenvalue weighted by Gasteiger charge is -2.35. The number of amides is 1. The summed E-state index contributed by atoms with van der Waals surface area (Å²) in [5, 5.41) is 0.293. The van der Waals surface area contributed by atoms with Gasteiger partial charge in [-0.3, -0.25) is 4.79 Å². The number of esters is 1. The second-order valence-corrected chi connectivity index (χ2v) is 9.36. The number of halogens is 2. The molecule has 2 atom stereocenters. The number of hydrogen-bond acceptors (Lipinski definition) is 6. The summed E-state index contributed by atoms with van der Waals surface area (Å²) in [6, 6.07) is 7.26. The molecule has 9 heteroatoms. The van der Waals surface area contributed by atoms with Gasteiger partial charge in [-0.15, -0.1) is 11.6 Å². The van der Waals surface area contributed by atoms with Gasteiger partial charge in [0.1, 0.15) is 24.1 Å². The van der Waals surface area contributed by atoms with E-state index < -0.39 is 11.9 Å². The van der Waals surface area contributed by atoms with E-state index >= 15 is 0 Å². The fraction of sp³-hybridized carbons (Fsp3) is 0.444. The quantitative estimate of drug-likeness (QED) is 0.165. The predicted molar refractivity (Wildman–Crippen MR) is 141 cm³/mol. The van der Waals surface area contributed by atoms with Crippen LogP contribution in [-0.2, 0) is 25.7 Å². The summed E-state index contributed by atoms with van der Waals surface area (Å²) >= 11 is 11.6. The van der Waals surface area contributed by atoms with Gasteiger partial charge < -0.3 is 19.1 Å². The first-order chi connectivity index (χ1) is 17.3. The minimum absolute atomic E-state index is 0.0458. The van der Waals surface area contributed by atoms with Crippen LogP contribution in [0.2, 0.25) is 0 Å². The van der Waals surface area contributed by atoms with Crippen molar-refractivity contribution in [2.24, 2.45) is 10.9 Å². The second kappa shape index (κ2) is 13.6. The Morgan fingerprint density at radius 2 is 2.08 bits per heavy atom. The number of carbonyl (C=O) groups is 2. The van der Waals surface area contributed by atoms with Crippen molar-refractivity contribution < 1.29 is 23.8 Å². The summed E-state index contributed by atoms with van der Waals surface area (Å²) in [5.41, 5.74) is 2.25. The predicted octanol–water partition coefficient (Wildman–Crippen LogP) is 5.38. The van der Waals surface area contributed by atoms with Gasteiger partial charge in [-0.1, -0.05) is 36.4 Å². The van der Waals surface area contributed by atoms with Crippen LogP contribution in [0.1, 0.15) is 38.7 Å². The average molecular weight is 535 g/mol. The Bertz CT molecular complexity index is 1040. The van der Waals surface area contributed by atoms with Crippen molar-refractivity contribution in [3.63, 3.8) is 0 Å². The Morgan fingerprint density at radius 3 is 2.72 bits per heavy atom. The molecule has 0 N–H and O–H groups in total. The van der Waals surface area contributed by atoms with E-state index in [-0.39, 0.29) is 25.0 Å². The Labute approximate surface area is 222 Å². The first-order valence-electron chi connectivity index (χ1n) is 12.0. The van der Waals surface area contributed by atoms with Crippen molar-refractivity contribution in [1.29, 1.82) is 0 Å². The molecule has 0 radical (unpaired) electrons. The summed E-state index contributed by atoms with van der Waals surface area (Å²) in [6.07, 6.45) is 5.02. The second-order valence-electron chi connectivity index (χ2n) is 8.60. The monoisotopic (exact) mass is 534 g/mol. The number of aliphatic imine (C=N–C) groups is 1. The van der Waals surface area contributed by atoms with Crippen molar-refractivity contribution in [1.82, 2.24) is 4.90 Å². The van der Waals surface area contributed by atoms with E-state index in [0.717, 1.165) is 18.4 Å². The van der Waals surface area contributed by atoms with Crippen molar-refractivity contribution in [3.8, 4) is 5.75 Å². The summed E-state index contributed by atoms with van der Waals surface area (Å²) in [5.74, 6) is -0.0733. The zero-order chi connectivity index (χ0) is 26.1. The van der Waals surface area contributed by atoms with Crippen molar-refractivity contribution in [2.75, 3.05) is 25.6 Å². The minimum Gasteiger partial charge on any atom is -0.492 e.